The minimum Gasteiger partial charge on any atom is -0.342 e. The van der Waals surface area contributed by atoms with Crippen LogP contribution in [0, 0.1) is 19.8 Å². The number of piperidine rings is 1. The lowest BCUT2D eigenvalue weighted by Gasteiger charge is -2.39. The van der Waals surface area contributed by atoms with Crippen molar-refractivity contribution in [2.24, 2.45) is 5.92 Å². The molecule has 3 rings (SSSR count). The predicted octanol–water partition coefficient (Wildman–Crippen LogP) is 2.32. The normalized spacial score (nSPS) is 19.9. The Hall–Kier alpha value is -1.65. The molecule has 5 heteroatoms. The van der Waals surface area contributed by atoms with Crippen molar-refractivity contribution in [2.75, 3.05) is 25.0 Å². The molecule has 22 heavy (non-hydrogen) atoms. The van der Waals surface area contributed by atoms with Gasteiger partial charge in [0.15, 0.2) is 0 Å². The Balaban J connectivity index is 1.58. The molecule has 2 fully saturated rings. The van der Waals surface area contributed by atoms with Crippen LogP contribution < -0.4 is 4.90 Å². The Labute approximate surface area is 132 Å². The highest BCUT2D eigenvalue weighted by atomic mass is 16.2. The summed E-state index contributed by atoms with van der Waals surface area (Å²) in [5.74, 6) is 1.49. The first-order valence-electron chi connectivity index (χ1n) is 8.38. The van der Waals surface area contributed by atoms with Crippen LogP contribution in [-0.4, -0.2) is 47.0 Å². The molecule has 5 nitrogen and oxygen atoms in total. The average molecular weight is 302 g/mol. The molecule has 2 heterocycles. The van der Waals surface area contributed by atoms with Gasteiger partial charge in [-0.15, -0.1) is 0 Å². The third-order valence-corrected chi connectivity index (χ3v) is 5.07. The predicted molar refractivity (Wildman–Crippen MR) is 86.9 cm³/mol. The van der Waals surface area contributed by atoms with Crippen LogP contribution in [0.25, 0.3) is 0 Å². The molecule has 0 aromatic carbocycles. The van der Waals surface area contributed by atoms with Crippen LogP contribution in [0.1, 0.15) is 43.5 Å². The van der Waals surface area contributed by atoms with E-state index in [0.29, 0.717) is 17.9 Å². The number of aromatic nitrogens is 2. The second kappa shape index (κ2) is 6.23. The molecule has 1 saturated carbocycles. The van der Waals surface area contributed by atoms with Crippen LogP contribution in [0.5, 0.6) is 0 Å². The number of hydrogen-bond donors (Lipinski definition) is 0. The zero-order valence-corrected chi connectivity index (χ0v) is 13.9. The minimum absolute atomic E-state index is 0.297. The van der Waals surface area contributed by atoms with E-state index in [-0.39, 0.29) is 0 Å². The molecule has 1 saturated heterocycles. The van der Waals surface area contributed by atoms with Gasteiger partial charge in [-0.25, -0.2) is 9.97 Å². The third kappa shape index (κ3) is 3.08. The van der Waals surface area contributed by atoms with Crippen molar-refractivity contribution in [3.05, 3.63) is 17.5 Å². The first kappa shape index (κ1) is 15.3. The highest BCUT2D eigenvalue weighted by molar-refractivity contribution is 5.79. The summed E-state index contributed by atoms with van der Waals surface area (Å²) >= 11 is 0. The van der Waals surface area contributed by atoms with E-state index in [1.165, 1.54) is 6.42 Å². The third-order valence-electron chi connectivity index (χ3n) is 5.07. The van der Waals surface area contributed by atoms with Gasteiger partial charge in [0, 0.05) is 43.5 Å². The van der Waals surface area contributed by atoms with Crippen molar-refractivity contribution >= 4 is 11.9 Å². The molecule has 1 aromatic rings. The molecular weight excluding hydrogens is 276 g/mol. The smallest absolute Gasteiger partial charge is 0.225 e. The van der Waals surface area contributed by atoms with Crippen LogP contribution in [-0.2, 0) is 4.79 Å². The summed E-state index contributed by atoms with van der Waals surface area (Å²) in [6.45, 7) is 5.87. The van der Waals surface area contributed by atoms with Crippen LogP contribution in [0.3, 0.4) is 0 Å². The molecule has 120 valence electrons. The van der Waals surface area contributed by atoms with Crippen LogP contribution >= 0.6 is 0 Å². The number of nitrogens with zero attached hydrogens (tertiary/aromatic N) is 4. The van der Waals surface area contributed by atoms with Gasteiger partial charge in [-0.3, -0.25) is 4.79 Å². The lowest BCUT2D eigenvalue weighted by atomic mass is 9.84. The van der Waals surface area contributed by atoms with Crippen molar-refractivity contribution < 1.29 is 4.79 Å². The van der Waals surface area contributed by atoms with Gasteiger partial charge in [0.2, 0.25) is 11.9 Å². The highest BCUT2D eigenvalue weighted by Crippen LogP contribution is 2.30. The molecular formula is C17H26N4O. The number of rotatable bonds is 3. The van der Waals surface area contributed by atoms with E-state index in [1.807, 2.05) is 31.9 Å². The molecule has 2 aliphatic rings. The van der Waals surface area contributed by atoms with Gasteiger partial charge in [-0.1, -0.05) is 6.42 Å². The lowest BCUT2D eigenvalue weighted by molar-refractivity contribution is -0.139. The van der Waals surface area contributed by atoms with E-state index < -0.39 is 0 Å². The number of aryl methyl sites for hydroxylation is 2. The molecule has 0 N–H and O–H groups in total. The van der Waals surface area contributed by atoms with Gasteiger partial charge < -0.3 is 9.80 Å². The van der Waals surface area contributed by atoms with Crippen LogP contribution in [0.2, 0.25) is 0 Å². The number of anilines is 1. The van der Waals surface area contributed by atoms with Gasteiger partial charge >= 0.3 is 0 Å². The fourth-order valence-corrected chi connectivity index (χ4v) is 3.43. The fourth-order valence-electron chi connectivity index (χ4n) is 3.43. The Morgan fingerprint density at radius 2 is 1.73 bits per heavy atom. The standard InChI is InChI=1S/C17H26N4O/c1-12-11-13(2)19-17(18-12)21-9-7-15(8-10-21)20(3)16(22)14-5-4-6-14/h11,14-15H,4-10H2,1-3H3. The van der Waals surface area contributed by atoms with Crippen molar-refractivity contribution in [1.82, 2.24) is 14.9 Å². The average Bonchev–Trinajstić information content (AvgIpc) is 2.44. The Bertz CT molecular complexity index is 527. The van der Waals surface area contributed by atoms with E-state index in [2.05, 4.69) is 14.9 Å². The number of carbonyl (C=O) groups excluding carboxylic acids is 1. The zero-order chi connectivity index (χ0) is 15.7. The maximum atomic E-state index is 12.4. The van der Waals surface area contributed by atoms with E-state index in [9.17, 15) is 4.79 Å². The SMILES string of the molecule is Cc1cc(C)nc(N2CCC(N(C)C(=O)C3CCC3)CC2)n1. The van der Waals surface area contributed by atoms with E-state index in [4.69, 9.17) is 0 Å². The number of hydrogen-bond acceptors (Lipinski definition) is 4. The molecule has 1 aliphatic heterocycles. The van der Waals surface area contributed by atoms with Crippen LogP contribution in [0.15, 0.2) is 6.07 Å². The first-order valence-corrected chi connectivity index (χ1v) is 8.38. The second-order valence-electron chi connectivity index (χ2n) is 6.75. The Kier molecular flexibility index (Phi) is 4.32. The lowest BCUT2D eigenvalue weighted by Crippen LogP contribution is -2.48. The maximum Gasteiger partial charge on any atom is 0.225 e. The van der Waals surface area contributed by atoms with Crippen LogP contribution in [0.4, 0.5) is 5.95 Å². The molecule has 0 spiro atoms. The van der Waals surface area contributed by atoms with Gasteiger partial charge in [-0.05, 0) is 45.6 Å². The molecule has 0 unspecified atom stereocenters. The van der Waals surface area contributed by atoms with Crippen molar-refractivity contribution in [2.45, 2.75) is 52.0 Å². The van der Waals surface area contributed by atoms with Crippen molar-refractivity contribution in [1.29, 1.82) is 0 Å². The summed E-state index contributed by atoms with van der Waals surface area (Å²) < 4.78 is 0. The number of amides is 1. The molecule has 1 aliphatic carbocycles. The second-order valence-corrected chi connectivity index (χ2v) is 6.75. The molecule has 1 amide bonds. The molecule has 1 aromatic heterocycles. The topological polar surface area (TPSA) is 49.3 Å². The molecule has 0 radical (unpaired) electrons. The monoisotopic (exact) mass is 302 g/mol. The van der Waals surface area contributed by atoms with E-state index in [0.717, 1.165) is 56.1 Å². The molecule has 0 bridgehead atoms. The van der Waals surface area contributed by atoms with Gasteiger partial charge in [-0.2, -0.15) is 0 Å². The fraction of sp³-hybridized carbons (Fsp3) is 0.706. The highest BCUT2D eigenvalue weighted by Gasteiger charge is 2.32. The summed E-state index contributed by atoms with van der Waals surface area (Å²) in [7, 11) is 1.98. The summed E-state index contributed by atoms with van der Waals surface area (Å²) in [6, 6.07) is 2.37. The largest absolute Gasteiger partial charge is 0.342 e. The van der Waals surface area contributed by atoms with E-state index in [1.54, 1.807) is 0 Å². The van der Waals surface area contributed by atoms with Gasteiger partial charge in [0.05, 0.1) is 0 Å². The van der Waals surface area contributed by atoms with E-state index >= 15 is 0 Å². The van der Waals surface area contributed by atoms with Gasteiger partial charge in [0.1, 0.15) is 0 Å². The summed E-state index contributed by atoms with van der Waals surface area (Å²) in [6.07, 6.45) is 5.39. The quantitative estimate of drug-likeness (QED) is 0.860. The van der Waals surface area contributed by atoms with Gasteiger partial charge in [0.25, 0.3) is 0 Å². The molecule has 0 atom stereocenters. The number of carbonyl (C=O) groups is 1. The van der Waals surface area contributed by atoms with Crippen molar-refractivity contribution in [3.8, 4) is 0 Å². The van der Waals surface area contributed by atoms with Crippen molar-refractivity contribution in [3.63, 3.8) is 0 Å². The Morgan fingerprint density at radius 3 is 2.23 bits per heavy atom. The zero-order valence-electron chi connectivity index (χ0n) is 13.9. The maximum absolute atomic E-state index is 12.4. The Morgan fingerprint density at radius 1 is 1.14 bits per heavy atom. The summed E-state index contributed by atoms with van der Waals surface area (Å²) in [5.41, 5.74) is 2.03. The summed E-state index contributed by atoms with van der Waals surface area (Å²) in [4.78, 5) is 25.7. The summed E-state index contributed by atoms with van der Waals surface area (Å²) in [5, 5.41) is 0. The minimum atomic E-state index is 0.297. The first-order chi connectivity index (χ1) is 10.5.